The van der Waals surface area contributed by atoms with E-state index in [-0.39, 0.29) is 0 Å². The van der Waals surface area contributed by atoms with Crippen LogP contribution in [0.4, 0.5) is 0 Å². The van der Waals surface area contributed by atoms with Crippen LogP contribution in [0.1, 0.15) is 40.5 Å². The average Bonchev–Trinajstić information content (AvgIpc) is 2.83. The van der Waals surface area contributed by atoms with Crippen molar-refractivity contribution >= 4 is 11.8 Å². The van der Waals surface area contributed by atoms with Gasteiger partial charge in [0.15, 0.2) is 0 Å². The first-order valence-corrected chi connectivity index (χ1v) is 6.56. The summed E-state index contributed by atoms with van der Waals surface area (Å²) >= 11 is 2.08. The quantitative estimate of drug-likeness (QED) is 0.473. The van der Waals surface area contributed by atoms with Gasteiger partial charge in [-0.25, -0.2) is 0 Å². The monoisotopic (exact) mass is 198 g/mol. The highest BCUT2D eigenvalue weighted by molar-refractivity contribution is 7.99. The van der Waals surface area contributed by atoms with Crippen molar-refractivity contribution in [3.05, 3.63) is 11.1 Å². The molecule has 2 atom stereocenters. The largest absolute Gasteiger partial charge is 0.162 e. The van der Waals surface area contributed by atoms with E-state index in [4.69, 9.17) is 0 Å². The second kappa shape index (κ2) is 5.09. The van der Waals surface area contributed by atoms with Crippen molar-refractivity contribution in [2.45, 2.75) is 40.5 Å². The van der Waals surface area contributed by atoms with Crippen molar-refractivity contribution in [1.29, 1.82) is 0 Å². The van der Waals surface area contributed by atoms with Crippen LogP contribution in [-0.4, -0.2) is 11.5 Å². The van der Waals surface area contributed by atoms with E-state index in [1.807, 2.05) is 0 Å². The summed E-state index contributed by atoms with van der Waals surface area (Å²) in [5, 5.41) is 0. The third kappa shape index (κ3) is 3.38. The van der Waals surface area contributed by atoms with Crippen LogP contribution < -0.4 is 0 Å². The predicted octanol–water partition coefficient (Wildman–Crippen LogP) is 4.12. The minimum absolute atomic E-state index is 0.920. The molecule has 0 aromatic carbocycles. The summed E-state index contributed by atoms with van der Waals surface area (Å²) in [6.07, 6.45) is 2.79. The Hall–Kier alpha value is 0.0900. The van der Waals surface area contributed by atoms with E-state index in [1.54, 1.807) is 11.1 Å². The fourth-order valence-electron chi connectivity index (χ4n) is 1.91. The van der Waals surface area contributed by atoms with Gasteiger partial charge in [-0.2, -0.15) is 11.8 Å². The normalized spacial score (nSPS) is 23.1. The Morgan fingerprint density at radius 3 is 2.69 bits per heavy atom. The molecule has 1 rings (SSSR count). The fourth-order valence-corrected chi connectivity index (χ4v) is 2.74. The molecule has 13 heavy (non-hydrogen) atoms. The molecule has 0 nitrogen and oxygen atoms in total. The first-order valence-electron chi connectivity index (χ1n) is 5.40. The third-order valence-electron chi connectivity index (χ3n) is 2.98. The lowest BCUT2D eigenvalue weighted by atomic mass is 10.0. The molecule has 2 unspecified atom stereocenters. The Morgan fingerprint density at radius 2 is 2.23 bits per heavy atom. The number of hydrogen-bond acceptors (Lipinski definition) is 1. The molecule has 0 amide bonds. The van der Waals surface area contributed by atoms with Gasteiger partial charge in [0, 0.05) is 0 Å². The average molecular weight is 198 g/mol. The second-order valence-corrected chi connectivity index (χ2v) is 5.69. The van der Waals surface area contributed by atoms with Crippen LogP contribution in [0.25, 0.3) is 0 Å². The zero-order chi connectivity index (χ0) is 9.84. The van der Waals surface area contributed by atoms with E-state index in [0.717, 1.165) is 11.8 Å². The molecule has 1 aliphatic carbocycles. The van der Waals surface area contributed by atoms with Gasteiger partial charge in [0.2, 0.25) is 0 Å². The molecule has 0 bridgehead atoms. The van der Waals surface area contributed by atoms with Crippen molar-refractivity contribution < 1.29 is 0 Å². The maximum atomic E-state index is 2.41. The molecular formula is C12H22S. The molecule has 0 N–H and O–H groups in total. The van der Waals surface area contributed by atoms with Gasteiger partial charge >= 0.3 is 0 Å². The maximum absolute atomic E-state index is 2.41. The molecule has 1 heteroatoms. The van der Waals surface area contributed by atoms with Gasteiger partial charge in [-0.15, -0.1) is 0 Å². The van der Waals surface area contributed by atoms with Gasteiger partial charge in [0.1, 0.15) is 0 Å². The number of allylic oxidation sites excluding steroid dienone is 2. The molecule has 1 aliphatic rings. The van der Waals surface area contributed by atoms with Crippen LogP contribution in [-0.2, 0) is 0 Å². The number of rotatable bonds is 5. The molecule has 0 heterocycles. The minimum Gasteiger partial charge on any atom is -0.162 e. The van der Waals surface area contributed by atoms with Crippen LogP contribution in [0.2, 0.25) is 0 Å². The standard InChI is InChI=1S/C12H22S/c1-5-13-7-6-10(4)12-8-11(12)9(2)3/h10,12H,5-8H2,1-4H3. The predicted molar refractivity (Wildman–Crippen MR) is 63.3 cm³/mol. The Morgan fingerprint density at radius 1 is 1.54 bits per heavy atom. The van der Waals surface area contributed by atoms with Gasteiger partial charge in [0.25, 0.3) is 0 Å². The van der Waals surface area contributed by atoms with Crippen molar-refractivity contribution in [3.63, 3.8) is 0 Å². The summed E-state index contributed by atoms with van der Waals surface area (Å²) in [6, 6.07) is 0. The number of thioether (sulfide) groups is 1. The lowest BCUT2D eigenvalue weighted by Gasteiger charge is -2.08. The van der Waals surface area contributed by atoms with E-state index >= 15 is 0 Å². The summed E-state index contributed by atoms with van der Waals surface area (Å²) in [6.45, 7) is 9.16. The lowest BCUT2D eigenvalue weighted by Crippen LogP contribution is -1.99. The molecule has 0 aliphatic heterocycles. The van der Waals surface area contributed by atoms with Gasteiger partial charge in [-0.1, -0.05) is 25.0 Å². The summed E-state index contributed by atoms with van der Waals surface area (Å²) < 4.78 is 0. The SMILES string of the molecule is CCSCCC(C)C1CC1=C(C)C. The highest BCUT2D eigenvalue weighted by Gasteiger charge is 2.34. The van der Waals surface area contributed by atoms with Gasteiger partial charge in [0.05, 0.1) is 0 Å². The van der Waals surface area contributed by atoms with E-state index in [0.29, 0.717) is 0 Å². The summed E-state index contributed by atoms with van der Waals surface area (Å²) in [5.74, 6) is 4.49. The van der Waals surface area contributed by atoms with Crippen molar-refractivity contribution in [2.24, 2.45) is 11.8 Å². The Labute approximate surface area is 87.2 Å². The van der Waals surface area contributed by atoms with Crippen molar-refractivity contribution in [1.82, 2.24) is 0 Å². The smallest absolute Gasteiger partial charge is 0.00649 e. The Balaban J connectivity index is 2.20. The van der Waals surface area contributed by atoms with Crippen LogP contribution in [0, 0.1) is 11.8 Å². The van der Waals surface area contributed by atoms with E-state index in [1.165, 1.54) is 24.3 Å². The fraction of sp³-hybridized carbons (Fsp3) is 0.833. The first-order chi connectivity index (χ1) is 6.16. The molecule has 0 aromatic heterocycles. The molecule has 1 saturated carbocycles. The molecular weight excluding hydrogens is 176 g/mol. The van der Waals surface area contributed by atoms with E-state index in [2.05, 4.69) is 39.5 Å². The van der Waals surface area contributed by atoms with Crippen LogP contribution in [0.15, 0.2) is 11.1 Å². The topological polar surface area (TPSA) is 0 Å². The molecule has 0 saturated heterocycles. The second-order valence-electron chi connectivity index (χ2n) is 4.30. The maximum Gasteiger partial charge on any atom is -0.00649 e. The molecule has 76 valence electrons. The molecule has 0 radical (unpaired) electrons. The highest BCUT2D eigenvalue weighted by Crippen LogP contribution is 2.46. The van der Waals surface area contributed by atoms with Crippen molar-refractivity contribution in [3.8, 4) is 0 Å². The summed E-state index contributed by atoms with van der Waals surface area (Å²) in [5.41, 5.74) is 3.31. The van der Waals surface area contributed by atoms with Gasteiger partial charge in [-0.3, -0.25) is 0 Å². The molecule has 1 fully saturated rings. The van der Waals surface area contributed by atoms with E-state index in [9.17, 15) is 0 Å². The van der Waals surface area contributed by atoms with Gasteiger partial charge in [-0.05, 0) is 50.0 Å². The summed E-state index contributed by atoms with van der Waals surface area (Å²) in [7, 11) is 0. The molecule has 0 spiro atoms. The van der Waals surface area contributed by atoms with Crippen LogP contribution >= 0.6 is 11.8 Å². The lowest BCUT2D eigenvalue weighted by molar-refractivity contribution is 0.510. The van der Waals surface area contributed by atoms with Crippen LogP contribution in [0.3, 0.4) is 0 Å². The van der Waals surface area contributed by atoms with E-state index < -0.39 is 0 Å². The highest BCUT2D eigenvalue weighted by atomic mass is 32.2. The van der Waals surface area contributed by atoms with Crippen molar-refractivity contribution in [2.75, 3.05) is 11.5 Å². The van der Waals surface area contributed by atoms with Crippen LogP contribution in [0.5, 0.6) is 0 Å². The Bertz CT molecular complexity index is 189. The number of hydrogen-bond donors (Lipinski definition) is 0. The van der Waals surface area contributed by atoms with Gasteiger partial charge < -0.3 is 0 Å². The molecule has 0 aromatic rings. The zero-order valence-electron chi connectivity index (χ0n) is 9.39. The zero-order valence-corrected chi connectivity index (χ0v) is 10.2. The first kappa shape index (κ1) is 11.2. The summed E-state index contributed by atoms with van der Waals surface area (Å²) in [4.78, 5) is 0. The Kier molecular flexibility index (Phi) is 4.37. The minimum atomic E-state index is 0.920. The third-order valence-corrected chi connectivity index (χ3v) is 3.91.